The minimum Gasteiger partial charge on any atom is -0.329 e. The summed E-state index contributed by atoms with van der Waals surface area (Å²) in [4.78, 5) is 0. The van der Waals surface area contributed by atoms with Crippen LogP contribution in [0.5, 0.6) is 0 Å². The quantitative estimate of drug-likeness (QED) is 0.801. The van der Waals surface area contributed by atoms with Gasteiger partial charge in [0, 0.05) is 18.7 Å². The maximum absolute atomic E-state index is 13.3. The van der Waals surface area contributed by atoms with Crippen LogP contribution in [0.4, 0.5) is 4.39 Å². The Bertz CT molecular complexity index is 458. The monoisotopic (exact) mass is 260 g/mol. The molecule has 1 aromatic rings. The average Bonchev–Trinajstić information content (AvgIpc) is 2.29. The van der Waals surface area contributed by atoms with E-state index in [4.69, 9.17) is 5.73 Å². The SMILES string of the molecule is CCC(CN)S(=O)(=O)NCc1ccccc1F. The van der Waals surface area contributed by atoms with Gasteiger partial charge in [0.1, 0.15) is 5.82 Å². The lowest BCUT2D eigenvalue weighted by Crippen LogP contribution is -2.38. The molecule has 0 aliphatic heterocycles. The summed E-state index contributed by atoms with van der Waals surface area (Å²) in [6.07, 6.45) is 0.434. The van der Waals surface area contributed by atoms with E-state index in [1.807, 2.05) is 0 Å². The highest BCUT2D eigenvalue weighted by Gasteiger charge is 2.21. The molecule has 0 fully saturated rings. The highest BCUT2D eigenvalue weighted by Crippen LogP contribution is 2.08. The molecule has 0 radical (unpaired) electrons. The van der Waals surface area contributed by atoms with E-state index in [-0.39, 0.29) is 13.1 Å². The van der Waals surface area contributed by atoms with E-state index in [1.54, 1.807) is 25.1 Å². The normalized spacial score (nSPS) is 13.6. The van der Waals surface area contributed by atoms with Crippen molar-refractivity contribution in [2.24, 2.45) is 5.73 Å². The van der Waals surface area contributed by atoms with E-state index in [1.165, 1.54) is 6.07 Å². The first-order valence-corrected chi connectivity index (χ1v) is 6.97. The van der Waals surface area contributed by atoms with Gasteiger partial charge in [0.2, 0.25) is 10.0 Å². The van der Waals surface area contributed by atoms with Crippen molar-refractivity contribution < 1.29 is 12.8 Å². The molecule has 1 rings (SSSR count). The predicted octanol–water partition coefficient (Wildman–Crippen LogP) is 0.982. The van der Waals surface area contributed by atoms with Crippen LogP contribution in [0, 0.1) is 5.82 Å². The molecule has 6 heteroatoms. The maximum atomic E-state index is 13.3. The van der Waals surface area contributed by atoms with Crippen LogP contribution < -0.4 is 10.5 Å². The van der Waals surface area contributed by atoms with Crippen LogP contribution in [0.2, 0.25) is 0 Å². The third-order valence-electron chi connectivity index (χ3n) is 2.58. The molecule has 17 heavy (non-hydrogen) atoms. The first-order valence-electron chi connectivity index (χ1n) is 5.43. The first-order chi connectivity index (χ1) is 8.01. The van der Waals surface area contributed by atoms with Gasteiger partial charge in [0.15, 0.2) is 0 Å². The van der Waals surface area contributed by atoms with Crippen molar-refractivity contribution in [3.63, 3.8) is 0 Å². The van der Waals surface area contributed by atoms with Crippen molar-refractivity contribution in [1.29, 1.82) is 0 Å². The lowest BCUT2D eigenvalue weighted by molar-refractivity contribution is 0.556. The van der Waals surface area contributed by atoms with Gasteiger partial charge in [-0.25, -0.2) is 17.5 Å². The summed E-state index contributed by atoms with van der Waals surface area (Å²) >= 11 is 0. The van der Waals surface area contributed by atoms with Gasteiger partial charge in [-0.2, -0.15) is 0 Å². The summed E-state index contributed by atoms with van der Waals surface area (Å²) in [5.74, 6) is -0.420. The Labute approximate surface area is 101 Å². The number of benzene rings is 1. The lowest BCUT2D eigenvalue weighted by atomic mass is 10.2. The zero-order valence-electron chi connectivity index (χ0n) is 9.69. The van der Waals surface area contributed by atoms with Gasteiger partial charge in [-0.15, -0.1) is 0 Å². The number of halogens is 1. The number of nitrogens with two attached hydrogens (primary N) is 1. The Morgan fingerprint density at radius 2 is 2.06 bits per heavy atom. The van der Waals surface area contributed by atoms with Gasteiger partial charge < -0.3 is 5.73 Å². The molecule has 4 nitrogen and oxygen atoms in total. The number of hydrogen-bond donors (Lipinski definition) is 2. The molecule has 0 amide bonds. The number of rotatable bonds is 6. The number of hydrogen-bond acceptors (Lipinski definition) is 3. The Morgan fingerprint density at radius 1 is 1.41 bits per heavy atom. The summed E-state index contributed by atoms with van der Waals surface area (Å²) in [5, 5.41) is -0.630. The van der Waals surface area contributed by atoms with Crippen molar-refractivity contribution in [3.05, 3.63) is 35.6 Å². The fourth-order valence-electron chi connectivity index (χ4n) is 1.45. The highest BCUT2D eigenvalue weighted by atomic mass is 32.2. The molecular weight excluding hydrogens is 243 g/mol. The predicted molar refractivity (Wildman–Crippen MR) is 65.3 cm³/mol. The van der Waals surface area contributed by atoms with Crippen molar-refractivity contribution in [3.8, 4) is 0 Å². The first kappa shape index (κ1) is 14.1. The average molecular weight is 260 g/mol. The van der Waals surface area contributed by atoms with Crippen LogP contribution in [-0.4, -0.2) is 20.2 Å². The topological polar surface area (TPSA) is 72.2 Å². The molecule has 0 aliphatic carbocycles. The molecule has 0 aromatic heterocycles. The number of sulfonamides is 1. The highest BCUT2D eigenvalue weighted by molar-refractivity contribution is 7.90. The molecule has 96 valence electrons. The van der Waals surface area contributed by atoms with Crippen LogP contribution in [0.1, 0.15) is 18.9 Å². The van der Waals surface area contributed by atoms with E-state index < -0.39 is 21.1 Å². The molecule has 3 N–H and O–H groups in total. The molecule has 1 atom stereocenters. The van der Waals surface area contributed by atoms with E-state index in [2.05, 4.69) is 4.72 Å². The van der Waals surface area contributed by atoms with Gasteiger partial charge in [-0.05, 0) is 12.5 Å². The fraction of sp³-hybridized carbons (Fsp3) is 0.455. The smallest absolute Gasteiger partial charge is 0.216 e. The maximum Gasteiger partial charge on any atom is 0.216 e. The molecule has 1 unspecified atom stereocenters. The lowest BCUT2D eigenvalue weighted by Gasteiger charge is -2.14. The Balaban J connectivity index is 2.71. The number of nitrogens with one attached hydrogen (secondary N) is 1. The third-order valence-corrected chi connectivity index (χ3v) is 4.53. The molecule has 0 bridgehead atoms. The zero-order chi connectivity index (χ0) is 12.9. The van der Waals surface area contributed by atoms with Crippen molar-refractivity contribution in [2.75, 3.05) is 6.54 Å². The standard InChI is InChI=1S/C11H17FN2O2S/c1-2-10(7-13)17(15,16)14-8-9-5-3-4-6-11(9)12/h3-6,10,14H,2,7-8,13H2,1H3. The van der Waals surface area contributed by atoms with Crippen LogP contribution >= 0.6 is 0 Å². The second kappa shape index (κ2) is 6.09. The summed E-state index contributed by atoms with van der Waals surface area (Å²) in [5.41, 5.74) is 5.70. The fourth-order valence-corrected chi connectivity index (χ4v) is 2.74. The Hall–Kier alpha value is -0.980. The van der Waals surface area contributed by atoms with Gasteiger partial charge in [-0.1, -0.05) is 25.1 Å². The molecular formula is C11H17FN2O2S. The van der Waals surface area contributed by atoms with E-state index >= 15 is 0 Å². The van der Waals surface area contributed by atoms with Crippen LogP contribution in [0.15, 0.2) is 24.3 Å². The minimum absolute atomic E-state index is 0.0501. The van der Waals surface area contributed by atoms with E-state index in [0.717, 1.165) is 0 Å². The van der Waals surface area contributed by atoms with Crippen LogP contribution in [-0.2, 0) is 16.6 Å². The van der Waals surface area contributed by atoms with Crippen molar-refractivity contribution in [1.82, 2.24) is 4.72 Å². The Kier molecular flexibility index (Phi) is 5.04. The second-order valence-corrected chi connectivity index (χ2v) is 5.77. The van der Waals surface area contributed by atoms with Gasteiger partial charge >= 0.3 is 0 Å². The minimum atomic E-state index is -3.48. The van der Waals surface area contributed by atoms with Gasteiger partial charge in [0.25, 0.3) is 0 Å². The molecule has 1 aromatic carbocycles. The molecule has 0 saturated heterocycles. The summed E-state index contributed by atoms with van der Waals surface area (Å²) in [7, 11) is -3.48. The summed E-state index contributed by atoms with van der Waals surface area (Å²) in [6, 6.07) is 6.06. The summed E-state index contributed by atoms with van der Waals surface area (Å²) in [6.45, 7) is 1.76. The summed E-state index contributed by atoms with van der Waals surface area (Å²) < 4.78 is 39.2. The van der Waals surface area contributed by atoms with Gasteiger partial charge in [-0.3, -0.25) is 0 Å². The third kappa shape index (κ3) is 3.76. The van der Waals surface area contributed by atoms with Crippen LogP contribution in [0.25, 0.3) is 0 Å². The molecule has 0 saturated carbocycles. The largest absolute Gasteiger partial charge is 0.329 e. The molecule has 0 aliphatic rings. The van der Waals surface area contributed by atoms with Crippen molar-refractivity contribution >= 4 is 10.0 Å². The Morgan fingerprint density at radius 3 is 2.59 bits per heavy atom. The van der Waals surface area contributed by atoms with Crippen LogP contribution in [0.3, 0.4) is 0 Å². The van der Waals surface area contributed by atoms with Crippen molar-refractivity contribution in [2.45, 2.75) is 25.1 Å². The zero-order valence-corrected chi connectivity index (χ0v) is 10.5. The second-order valence-electron chi connectivity index (χ2n) is 3.72. The van der Waals surface area contributed by atoms with Gasteiger partial charge in [0.05, 0.1) is 5.25 Å². The van der Waals surface area contributed by atoms with E-state index in [0.29, 0.717) is 12.0 Å². The van der Waals surface area contributed by atoms with E-state index in [9.17, 15) is 12.8 Å². The molecule has 0 spiro atoms. The molecule has 0 heterocycles.